The number of pyridine rings is 1. The number of thiophene rings is 1. The summed E-state index contributed by atoms with van der Waals surface area (Å²) in [5.41, 5.74) is 18.6. The van der Waals surface area contributed by atoms with E-state index in [2.05, 4.69) is 15.0 Å². The quantitative estimate of drug-likeness (QED) is 0.639. The van der Waals surface area contributed by atoms with Gasteiger partial charge in [0.1, 0.15) is 9.71 Å². The Morgan fingerprint density at radius 2 is 2.09 bits per heavy atom. The van der Waals surface area contributed by atoms with Gasteiger partial charge in [0.25, 0.3) is 5.91 Å². The number of anilines is 2. The van der Waals surface area contributed by atoms with Crippen LogP contribution in [-0.4, -0.2) is 23.0 Å². The van der Waals surface area contributed by atoms with E-state index >= 15 is 0 Å². The van der Waals surface area contributed by atoms with E-state index in [1.807, 2.05) is 0 Å². The summed E-state index contributed by atoms with van der Waals surface area (Å²) in [6, 6.07) is 1.78. The highest BCUT2D eigenvalue weighted by Crippen LogP contribution is 2.38. The second-order valence-electron chi connectivity index (χ2n) is 4.48. The van der Waals surface area contributed by atoms with E-state index in [0.717, 1.165) is 11.3 Å². The number of hydrogen-bond acceptors (Lipinski definition) is 7. The fourth-order valence-electron chi connectivity index (χ4n) is 2.14. The average molecular weight is 317 g/mol. The van der Waals surface area contributed by atoms with E-state index in [-0.39, 0.29) is 16.5 Å². The van der Waals surface area contributed by atoms with Crippen molar-refractivity contribution in [2.24, 2.45) is 5.73 Å². The molecule has 0 aliphatic rings. The molecule has 22 heavy (non-hydrogen) atoms. The van der Waals surface area contributed by atoms with E-state index in [9.17, 15) is 4.79 Å². The van der Waals surface area contributed by atoms with Gasteiger partial charge >= 0.3 is 0 Å². The van der Waals surface area contributed by atoms with Gasteiger partial charge in [0, 0.05) is 6.07 Å². The minimum absolute atomic E-state index is 0.0857. The maximum Gasteiger partial charge on any atom is 0.260 e. The molecule has 3 rings (SSSR count). The SMILES string of the molecule is COc1c[nH+]cc(-c2nc(N)nc3sc(C(N)=O)c(N)c23)c1. The van der Waals surface area contributed by atoms with Crippen LogP contribution in [0.4, 0.5) is 11.6 Å². The standard InChI is InChI=1S/C13H12N6O2S/c1-21-6-2-5(3-17-4-6)9-7-8(14)10(11(15)20)22-12(7)19-13(16)18-9/h2-4H,14H2,1H3,(H2,15,20)(H2,16,18,19)/p+1. The number of nitrogens with zero attached hydrogens (tertiary/aromatic N) is 2. The van der Waals surface area contributed by atoms with Crippen LogP contribution < -0.4 is 26.9 Å². The molecule has 0 aliphatic carbocycles. The highest BCUT2D eigenvalue weighted by atomic mass is 32.1. The first-order valence-electron chi connectivity index (χ1n) is 6.22. The molecule has 0 aliphatic heterocycles. The number of hydrogen-bond donors (Lipinski definition) is 3. The molecule has 0 aromatic carbocycles. The predicted octanol–water partition coefficient (Wildman–Crippen LogP) is 0.444. The zero-order valence-electron chi connectivity index (χ0n) is 11.6. The van der Waals surface area contributed by atoms with Crippen molar-refractivity contribution in [1.29, 1.82) is 0 Å². The van der Waals surface area contributed by atoms with Gasteiger partial charge in [0.15, 0.2) is 11.9 Å². The number of amides is 1. The molecule has 3 heterocycles. The van der Waals surface area contributed by atoms with Gasteiger partial charge in [-0.1, -0.05) is 0 Å². The molecule has 0 spiro atoms. The molecule has 3 aromatic rings. The Kier molecular flexibility index (Phi) is 3.26. The summed E-state index contributed by atoms with van der Waals surface area (Å²) in [5.74, 6) is 0.0941. The van der Waals surface area contributed by atoms with Gasteiger partial charge < -0.3 is 21.9 Å². The Morgan fingerprint density at radius 3 is 2.77 bits per heavy atom. The summed E-state index contributed by atoms with van der Waals surface area (Å²) in [6.07, 6.45) is 3.42. The van der Waals surface area contributed by atoms with E-state index in [4.69, 9.17) is 21.9 Å². The van der Waals surface area contributed by atoms with E-state index < -0.39 is 5.91 Å². The number of carbonyl (C=O) groups is 1. The van der Waals surface area contributed by atoms with Gasteiger partial charge in [-0.05, 0) is 0 Å². The summed E-state index contributed by atoms with van der Waals surface area (Å²) in [6.45, 7) is 0. The van der Waals surface area contributed by atoms with Gasteiger partial charge in [-0.25, -0.2) is 15.0 Å². The number of methoxy groups -OCH3 is 1. The third-order valence-corrected chi connectivity index (χ3v) is 4.21. The molecule has 1 amide bonds. The highest BCUT2D eigenvalue weighted by molar-refractivity contribution is 7.21. The van der Waals surface area contributed by atoms with Crippen LogP contribution in [0.3, 0.4) is 0 Å². The third-order valence-electron chi connectivity index (χ3n) is 3.10. The van der Waals surface area contributed by atoms with Crippen LogP contribution in [0.2, 0.25) is 0 Å². The maximum atomic E-state index is 11.5. The zero-order valence-corrected chi connectivity index (χ0v) is 12.4. The van der Waals surface area contributed by atoms with Crippen molar-refractivity contribution in [3.63, 3.8) is 0 Å². The number of nitrogen functional groups attached to an aromatic ring is 2. The maximum absolute atomic E-state index is 11.5. The van der Waals surface area contributed by atoms with Gasteiger partial charge in [0.05, 0.1) is 29.4 Å². The molecule has 3 aromatic heterocycles. The average Bonchev–Trinajstić information content (AvgIpc) is 2.83. The summed E-state index contributed by atoms with van der Waals surface area (Å²) in [4.78, 5) is 23.5. The van der Waals surface area contributed by atoms with Crippen molar-refractivity contribution in [3.05, 3.63) is 23.3 Å². The molecule has 9 heteroatoms. The number of primary amides is 1. The minimum atomic E-state index is -0.609. The summed E-state index contributed by atoms with van der Waals surface area (Å²) in [5, 5.41) is 0.551. The lowest BCUT2D eigenvalue weighted by Gasteiger charge is -2.04. The fraction of sp³-hybridized carbons (Fsp3) is 0.0769. The molecule has 112 valence electrons. The molecular formula is C13H13N6O2S+. The largest absolute Gasteiger partial charge is 0.491 e. The molecule has 8 nitrogen and oxygen atoms in total. The van der Waals surface area contributed by atoms with Crippen LogP contribution in [0.5, 0.6) is 5.75 Å². The normalized spacial score (nSPS) is 10.8. The number of rotatable bonds is 3. The number of ether oxygens (including phenoxy) is 1. The second-order valence-corrected chi connectivity index (χ2v) is 5.48. The molecule has 0 radical (unpaired) electrons. The smallest absolute Gasteiger partial charge is 0.260 e. The van der Waals surface area contributed by atoms with Crippen molar-refractivity contribution in [3.8, 4) is 17.0 Å². The molecule has 0 fully saturated rings. The lowest BCUT2D eigenvalue weighted by atomic mass is 10.1. The van der Waals surface area contributed by atoms with E-state index in [1.165, 1.54) is 0 Å². The number of aromatic amines is 1. The number of nitrogens with two attached hydrogens (primary N) is 3. The monoisotopic (exact) mass is 317 g/mol. The summed E-state index contributed by atoms with van der Waals surface area (Å²) >= 11 is 1.09. The van der Waals surface area contributed by atoms with Gasteiger partial charge in [-0.3, -0.25) is 4.79 Å². The van der Waals surface area contributed by atoms with Crippen LogP contribution in [-0.2, 0) is 0 Å². The van der Waals surface area contributed by atoms with E-state index in [1.54, 1.807) is 25.6 Å². The first-order valence-corrected chi connectivity index (χ1v) is 7.03. The van der Waals surface area contributed by atoms with Crippen molar-refractivity contribution in [2.45, 2.75) is 0 Å². The minimum Gasteiger partial charge on any atom is -0.491 e. The summed E-state index contributed by atoms with van der Waals surface area (Å²) < 4.78 is 5.18. The lowest BCUT2D eigenvalue weighted by molar-refractivity contribution is -0.378. The van der Waals surface area contributed by atoms with Crippen molar-refractivity contribution in [2.75, 3.05) is 18.6 Å². The van der Waals surface area contributed by atoms with Crippen LogP contribution in [0.15, 0.2) is 18.5 Å². The van der Waals surface area contributed by atoms with Crippen molar-refractivity contribution < 1.29 is 14.5 Å². The number of nitrogens with one attached hydrogen (secondary N) is 1. The summed E-state index contributed by atoms with van der Waals surface area (Å²) in [7, 11) is 1.56. The van der Waals surface area contributed by atoms with Gasteiger partial charge in [-0.2, -0.15) is 0 Å². The predicted molar refractivity (Wildman–Crippen MR) is 83.3 cm³/mol. The van der Waals surface area contributed by atoms with Crippen molar-refractivity contribution in [1.82, 2.24) is 9.97 Å². The Morgan fingerprint density at radius 1 is 1.32 bits per heavy atom. The highest BCUT2D eigenvalue weighted by Gasteiger charge is 2.21. The molecule has 0 saturated heterocycles. The lowest BCUT2D eigenvalue weighted by Crippen LogP contribution is -2.10. The fourth-order valence-corrected chi connectivity index (χ4v) is 3.09. The van der Waals surface area contributed by atoms with Gasteiger partial charge in [-0.15, -0.1) is 11.3 Å². The Hall–Kier alpha value is -2.94. The van der Waals surface area contributed by atoms with Crippen LogP contribution in [0, 0.1) is 0 Å². The zero-order chi connectivity index (χ0) is 15.9. The second kappa shape index (κ2) is 5.11. The molecule has 0 unspecified atom stereocenters. The van der Waals surface area contributed by atoms with Crippen LogP contribution in [0.25, 0.3) is 21.5 Å². The first kappa shape index (κ1) is 14.0. The number of carbonyl (C=O) groups excluding carboxylic acids is 1. The van der Waals surface area contributed by atoms with E-state index in [0.29, 0.717) is 27.2 Å². The molecular weight excluding hydrogens is 304 g/mol. The molecule has 7 N–H and O–H groups in total. The Bertz CT molecular complexity index is 892. The number of aromatic nitrogens is 3. The van der Waals surface area contributed by atoms with Crippen LogP contribution in [0.1, 0.15) is 9.67 Å². The Balaban J connectivity index is 2.35. The Labute approximate surface area is 128 Å². The molecule has 0 atom stereocenters. The molecule has 0 bridgehead atoms. The van der Waals surface area contributed by atoms with Crippen LogP contribution >= 0.6 is 11.3 Å². The first-order chi connectivity index (χ1) is 10.5. The third kappa shape index (κ3) is 2.17. The van der Waals surface area contributed by atoms with Gasteiger partial charge in [0.2, 0.25) is 12.1 Å². The number of H-pyrrole nitrogens is 1. The van der Waals surface area contributed by atoms with Crippen molar-refractivity contribution >= 4 is 39.1 Å². The number of fused-ring (bicyclic) bond motifs is 1. The molecule has 0 saturated carbocycles. The topological polar surface area (TPSA) is 144 Å².